The molecule has 4 aromatic rings. The van der Waals surface area contributed by atoms with E-state index in [2.05, 4.69) is 63.4 Å². The molecule has 8 atom stereocenters. The summed E-state index contributed by atoms with van der Waals surface area (Å²) in [6.07, 6.45) is 1.10. The topological polar surface area (TPSA) is 196 Å². The molecular formula is C54H57N5O12S2. The van der Waals surface area contributed by atoms with Crippen LogP contribution in [0.1, 0.15) is 74.7 Å². The number of thioether (sulfide) groups is 2. The van der Waals surface area contributed by atoms with Crippen molar-refractivity contribution >= 4 is 47.5 Å². The number of nitriles is 1. The average molecular weight is 1030 g/mol. The van der Waals surface area contributed by atoms with E-state index in [0.717, 1.165) is 16.7 Å². The fourth-order valence-electron chi connectivity index (χ4n) is 11.8. The normalized spacial score (nSPS) is 23.7. The number of aryl methyl sites for hydroxylation is 1. The molecule has 2 amide bonds. The van der Waals surface area contributed by atoms with Crippen LogP contribution in [0, 0.1) is 25.2 Å². The molecule has 0 radical (unpaired) electrons. The standard InChI is InChI=1S/C54H57N5O12S2/c1-8-17-66-54(63)57-36(23-72-22-35-33-15-11-9-13-31(33)32-14-10-12-16-34(32)35)52(61)56-37-24-73-51-43-42(50-48(69-26-70-50)28(3)47(43)71-29(4)60)40(21-67-53(37)62)59-39(20-55)38-19-30-18-27(2)46(65-7)49(68-25-64-6)41(30)44(45(51)59)58(38)5/h8-16,18,35-40,44-45,51H,1,17,19,21-26H2,2-7H3,(H,56,61)(H,57,63)/t36?,37-,38+,39-,40+,44+,45?,51+/m0/s1. The molecule has 0 spiro atoms. The van der Waals surface area contributed by atoms with Crippen molar-refractivity contribution in [2.24, 2.45) is 0 Å². The van der Waals surface area contributed by atoms with Gasteiger partial charge in [0.05, 0.1) is 30.5 Å². The van der Waals surface area contributed by atoms with Gasteiger partial charge < -0.3 is 48.5 Å². The van der Waals surface area contributed by atoms with Crippen molar-refractivity contribution in [1.82, 2.24) is 20.4 Å². The van der Waals surface area contributed by atoms with Crippen molar-refractivity contribution < 1.29 is 57.1 Å². The van der Waals surface area contributed by atoms with Crippen LogP contribution < -0.4 is 34.3 Å². The summed E-state index contributed by atoms with van der Waals surface area (Å²) >= 11 is 2.86. The second kappa shape index (κ2) is 20.8. The Kier molecular flexibility index (Phi) is 14.3. The highest BCUT2D eigenvalue weighted by Gasteiger charge is 2.61. The zero-order chi connectivity index (χ0) is 51.2. The predicted molar refractivity (Wildman–Crippen MR) is 272 cm³/mol. The van der Waals surface area contributed by atoms with Crippen LogP contribution in [0.5, 0.6) is 28.7 Å². The number of fused-ring (bicyclic) bond motifs is 13. The summed E-state index contributed by atoms with van der Waals surface area (Å²) < 4.78 is 48.1. The average Bonchev–Trinajstić information content (AvgIpc) is 4.00. The van der Waals surface area contributed by atoms with E-state index in [4.69, 9.17) is 37.9 Å². The smallest absolute Gasteiger partial charge is 0.408 e. The summed E-state index contributed by atoms with van der Waals surface area (Å²) in [6.45, 7) is 8.21. The SMILES string of the molecule is C=CCOC(=O)NC(CSCC1c2ccccc2-c2ccccc21)C(=O)N[C@H]1CS[C@@H]2c3c(OC(C)=O)c(C)c4c(c3[C@@H](COC1=O)N1C2[C@H]2c3c(cc(C)c(OC)c3OCOC)C[C@H]([C@@H]1C#N)N2C)OCO4. The first-order chi connectivity index (χ1) is 35.4. The number of nitrogens with zero attached hydrogens (tertiary/aromatic N) is 3. The molecule has 1 aliphatic carbocycles. The Hall–Kier alpha value is -6.43. The molecule has 73 heavy (non-hydrogen) atoms. The maximum atomic E-state index is 14.7. The van der Waals surface area contributed by atoms with Crippen LogP contribution in [0.25, 0.3) is 11.1 Å². The minimum Gasteiger partial charge on any atom is -0.493 e. The number of nitrogens with one attached hydrogen (secondary N) is 2. The number of rotatable bonds is 14. The number of carbonyl (C=O) groups excluding carboxylic acids is 4. The maximum Gasteiger partial charge on any atom is 0.408 e. The van der Waals surface area contributed by atoms with Gasteiger partial charge in [0.15, 0.2) is 29.8 Å². The Morgan fingerprint density at radius 3 is 2.41 bits per heavy atom. The van der Waals surface area contributed by atoms with Crippen molar-refractivity contribution in [2.75, 3.05) is 65.3 Å². The molecule has 2 fully saturated rings. The second-order valence-electron chi connectivity index (χ2n) is 18.8. The lowest BCUT2D eigenvalue weighted by Crippen LogP contribution is -2.69. The first-order valence-corrected chi connectivity index (χ1v) is 26.3. The van der Waals surface area contributed by atoms with Crippen molar-refractivity contribution in [3.8, 4) is 45.9 Å². The molecular weight excluding hydrogens is 975 g/mol. The largest absolute Gasteiger partial charge is 0.493 e. The third-order valence-corrected chi connectivity index (χ3v) is 17.3. The quantitative estimate of drug-likeness (QED) is 0.0577. The van der Waals surface area contributed by atoms with Crippen molar-refractivity contribution in [2.45, 2.75) is 80.7 Å². The van der Waals surface area contributed by atoms with Gasteiger partial charge in [-0.15, -0.1) is 11.8 Å². The Bertz CT molecular complexity index is 2880. The highest BCUT2D eigenvalue weighted by molar-refractivity contribution is 7.99. The molecule has 4 aromatic carbocycles. The van der Waals surface area contributed by atoms with Crippen LogP contribution in [0.2, 0.25) is 0 Å². The van der Waals surface area contributed by atoms with Gasteiger partial charge in [-0.2, -0.15) is 17.0 Å². The molecule has 17 nitrogen and oxygen atoms in total. The number of benzene rings is 4. The van der Waals surface area contributed by atoms with E-state index >= 15 is 0 Å². The first kappa shape index (κ1) is 50.1. The van der Waals surface area contributed by atoms with E-state index in [1.165, 1.54) is 58.8 Å². The third-order valence-electron chi connectivity index (χ3n) is 14.7. The Balaban J connectivity index is 1.04. The van der Waals surface area contributed by atoms with Gasteiger partial charge in [0.1, 0.15) is 37.1 Å². The molecule has 6 aliphatic heterocycles. The summed E-state index contributed by atoms with van der Waals surface area (Å²) in [7, 11) is 5.14. The molecule has 2 unspecified atom stereocenters. The van der Waals surface area contributed by atoms with Crippen LogP contribution in [0.4, 0.5) is 4.79 Å². The highest BCUT2D eigenvalue weighted by atomic mass is 32.2. The van der Waals surface area contributed by atoms with Crippen molar-refractivity contribution in [3.63, 3.8) is 0 Å². The minimum atomic E-state index is -1.23. The van der Waals surface area contributed by atoms with Gasteiger partial charge in [0.2, 0.25) is 12.7 Å². The van der Waals surface area contributed by atoms with E-state index in [1.54, 1.807) is 21.1 Å². The van der Waals surface area contributed by atoms with Crippen LogP contribution in [-0.2, 0) is 35.0 Å². The number of likely N-dealkylation sites (N-methyl/N-ethyl adjacent to an activating group) is 1. The fraction of sp³-hybridized carbons (Fsp3) is 0.426. The first-order valence-electron chi connectivity index (χ1n) is 24.1. The van der Waals surface area contributed by atoms with E-state index in [0.29, 0.717) is 51.9 Å². The number of amides is 2. The number of ether oxygens (including phenoxy) is 8. The second-order valence-corrected chi connectivity index (χ2v) is 21.1. The lowest BCUT2D eigenvalue weighted by molar-refractivity contribution is -0.152. The zero-order valence-electron chi connectivity index (χ0n) is 41.4. The van der Waals surface area contributed by atoms with Gasteiger partial charge in [-0.1, -0.05) is 67.3 Å². The number of alkyl carbamates (subject to hydrolysis) is 1. The molecule has 382 valence electrons. The third kappa shape index (κ3) is 8.80. The van der Waals surface area contributed by atoms with Gasteiger partial charge in [-0.25, -0.2) is 9.59 Å². The Morgan fingerprint density at radius 2 is 1.73 bits per heavy atom. The molecule has 11 rings (SSSR count). The number of hydrogen-bond acceptors (Lipinski definition) is 17. The monoisotopic (exact) mass is 1030 g/mol. The highest BCUT2D eigenvalue weighted by Crippen LogP contribution is 2.64. The van der Waals surface area contributed by atoms with E-state index in [9.17, 15) is 24.4 Å². The summed E-state index contributed by atoms with van der Waals surface area (Å²) in [4.78, 5) is 60.0. The number of carbonyl (C=O) groups is 4. The summed E-state index contributed by atoms with van der Waals surface area (Å²) in [5, 5.41) is 16.4. The Morgan fingerprint density at radius 1 is 1.00 bits per heavy atom. The van der Waals surface area contributed by atoms with Gasteiger partial charge in [-0.3, -0.25) is 19.4 Å². The van der Waals surface area contributed by atoms with Gasteiger partial charge in [0, 0.05) is 71.5 Å². The van der Waals surface area contributed by atoms with Crippen LogP contribution >= 0.6 is 23.5 Å². The fourth-order valence-corrected chi connectivity index (χ4v) is 14.5. The zero-order valence-corrected chi connectivity index (χ0v) is 43.0. The van der Waals surface area contributed by atoms with Crippen LogP contribution in [0.3, 0.4) is 0 Å². The summed E-state index contributed by atoms with van der Waals surface area (Å²) in [6, 6.07) is 16.0. The summed E-state index contributed by atoms with van der Waals surface area (Å²) in [5.74, 6) is 1.02. The summed E-state index contributed by atoms with van der Waals surface area (Å²) in [5.41, 5.74) is 9.16. The number of piperazine rings is 1. The van der Waals surface area contributed by atoms with Crippen LogP contribution in [0.15, 0.2) is 67.3 Å². The van der Waals surface area contributed by atoms with Crippen molar-refractivity contribution in [3.05, 3.63) is 112 Å². The molecule has 19 heteroatoms. The van der Waals surface area contributed by atoms with Gasteiger partial charge >= 0.3 is 18.0 Å². The predicted octanol–water partition coefficient (Wildman–Crippen LogP) is 6.82. The molecule has 0 aromatic heterocycles. The molecule has 7 aliphatic rings. The molecule has 0 saturated carbocycles. The number of methoxy groups -OCH3 is 2. The number of hydrogen-bond donors (Lipinski definition) is 2. The lowest BCUT2D eigenvalue weighted by atomic mass is 9.71. The Labute approximate surface area is 432 Å². The minimum absolute atomic E-state index is 0.0404. The van der Waals surface area contributed by atoms with Gasteiger partial charge in [-0.05, 0) is 60.7 Å². The maximum absolute atomic E-state index is 14.7. The van der Waals surface area contributed by atoms with E-state index in [-0.39, 0.29) is 56.0 Å². The molecule has 2 N–H and O–H groups in total. The molecule has 4 bridgehead atoms. The van der Waals surface area contributed by atoms with Gasteiger partial charge in [0.25, 0.3) is 0 Å². The lowest BCUT2D eigenvalue weighted by Gasteiger charge is -2.61. The van der Waals surface area contributed by atoms with Crippen molar-refractivity contribution in [1.29, 1.82) is 5.26 Å². The van der Waals surface area contributed by atoms with E-state index < -0.39 is 65.4 Å². The molecule has 6 heterocycles. The molecule has 2 saturated heterocycles. The number of esters is 2. The van der Waals surface area contributed by atoms with Crippen LogP contribution in [-0.4, -0.2) is 129 Å². The van der Waals surface area contributed by atoms with E-state index in [1.807, 2.05) is 38.2 Å².